The van der Waals surface area contributed by atoms with Gasteiger partial charge in [0.05, 0.1) is 4.90 Å². The third kappa shape index (κ3) is 3.93. The second-order valence-corrected chi connectivity index (χ2v) is 7.91. The molecule has 1 saturated heterocycles. The average Bonchev–Trinajstić information content (AvgIpc) is 2.55. The number of nitrogens with zero attached hydrogens (tertiary/aromatic N) is 1. The summed E-state index contributed by atoms with van der Waals surface area (Å²) in [6, 6.07) is 4.56. The molecule has 0 aromatic heterocycles. The lowest BCUT2D eigenvalue weighted by Crippen LogP contribution is -2.42. The molecule has 7 nitrogen and oxygen atoms in total. The Balaban J connectivity index is 2.26. The molecule has 2 N–H and O–H groups in total. The number of sulfonamides is 1. The second kappa shape index (κ2) is 7.31. The van der Waals surface area contributed by atoms with E-state index in [1.807, 2.05) is 6.92 Å². The zero-order valence-electron chi connectivity index (χ0n) is 13.7. The first-order valence-corrected chi connectivity index (χ1v) is 9.33. The number of carboxylic acid groups (broad SMARTS) is 1. The number of rotatable bonds is 5. The van der Waals surface area contributed by atoms with E-state index in [1.54, 1.807) is 0 Å². The maximum Gasteiger partial charge on any atom is 0.325 e. The molecule has 0 aliphatic carbocycles. The highest BCUT2D eigenvalue weighted by atomic mass is 32.2. The van der Waals surface area contributed by atoms with E-state index in [1.165, 1.54) is 35.5 Å². The number of carbonyl (C=O) groups excluding carboxylic acids is 1. The number of carbonyl (C=O) groups is 2. The van der Waals surface area contributed by atoms with Crippen molar-refractivity contribution in [2.45, 2.75) is 50.1 Å². The quantitative estimate of drug-likeness (QED) is 0.833. The van der Waals surface area contributed by atoms with Crippen LogP contribution in [-0.2, 0) is 14.8 Å². The summed E-state index contributed by atoms with van der Waals surface area (Å²) in [5.74, 6) is -1.78. The smallest absolute Gasteiger partial charge is 0.325 e. The van der Waals surface area contributed by atoms with Gasteiger partial charge >= 0.3 is 5.97 Å². The minimum atomic E-state index is -3.68. The third-order valence-corrected chi connectivity index (χ3v) is 6.17. The third-order valence-electron chi connectivity index (χ3n) is 4.16. The van der Waals surface area contributed by atoms with E-state index in [2.05, 4.69) is 5.32 Å². The van der Waals surface area contributed by atoms with Crippen LogP contribution in [0.2, 0.25) is 0 Å². The summed E-state index contributed by atoms with van der Waals surface area (Å²) in [5, 5.41) is 11.2. The van der Waals surface area contributed by atoms with Crippen molar-refractivity contribution in [2.75, 3.05) is 6.54 Å². The number of aliphatic carboxylic acids is 1. The molecule has 1 aliphatic heterocycles. The maximum absolute atomic E-state index is 12.8. The van der Waals surface area contributed by atoms with E-state index in [-0.39, 0.29) is 16.5 Å². The van der Waals surface area contributed by atoms with E-state index in [0.717, 1.165) is 19.3 Å². The highest BCUT2D eigenvalue weighted by Crippen LogP contribution is 2.25. The van der Waals surface area contributed by atoms with Gasteiger partial charge in [0.2, 0.25) is 10.0 Å². The van der Waals surface area contributed by atoms with Gasteiger partial charge in [-0.2, -0.15) is 4.31 Å². The molecule has 0 bridgehead atoms. The first kappa shape index (κ1) is 18.4. The predicted molar refractivity (Wildman–Crippen MR) is 88.2 cm³/mol. The number of amides is 1. The summed E-state index contributed by atoms with van der Waals surface area (Å²) in [7, 11) is -3.68. The Bertz CT molecular complexity index is 732. The van der Waals surface area contributed by atoms with Crippen LogP contribution in [0.15, 0.2) is 29.2 Å². The standard InChI is InChI=1S/C16H22N2O5S/c1-11-6-3-4-9-18(11)24(22,23)14-8-5-7-13(10-14)15(19)17-12(2)16(20)21/h5,7-8,10-12H,3-4,6,9H2,1-2H3,(H,17,19)(H,20,21)/t11?,12-/m0/s1. The summed E-state index contributed by atoms with van der Waals surface area (Å²) in [5.41, 5.74) is 0.119. The number of piperidine rings is 1. The summed E-state index contributed by atoms with van der Waals surface area (Å²) in [6.45, 7) is 3.69. The molecule has 2 rings (SSSR count). The molecule has 1 fully saturated rings. The van der Waals surface area contributed by atoms with Gasteiger partial charge in [-0.3, -0.25) is 9.59 Å². The fourth-order valence-electron chi connectivity index (χ4n) is 2.70. The summed E-state index contributed by atoms with van der Waals surface area (Å²) in [6.07, 6.45) is 2.64. The molecule has 0 radical (unpaired) electrons. The molecule has 8 heteroatoms. The SMILES string of the molecule is CC1CCCCN1S(=O)(=O)c1cccc(C(=O)N[C@@H](C)C(=O)O)c1. The van der Waals surface area contributed by atoms with Gasteiger partial charge in [0.15, 0.2) is 0 Å². The molecular formula is C16H22N2O5S. The van der Waals surface area contributed by atoms with E-state index in [9.17, 15) is 18.0 Å². The summed E-state index contributed by atoms with van der Waals surface area (Å²) >= 11 is 0. The molecule has 1 amide bonds. The van der Waals surface area contributed by atoms with Crippen molar-refractivity contribution >= 4 is 21.9 Å². The zero-order valence-corrected chi connectivity index (χ0v) is 14.5. The van der Waals surface area contributed by atoms with Crippen molar-refractivity contribution < 1.29 is 23.1 Å². The van der Waals surface area contributed by atoms with Crippen LogP contribution in [0.5, 0.6) is 0 Å². The fourth-order valence-corrected chi connectivity index (χ4v) is 4.45. The molecule has 1 unspecified atom stereocenters. The number of hydrogen-bond donors (Lipinski definition) is 2. The molecule has 0 spiro atoms. The topological polar surface area (TPSA) is 104 Å². The maximum atomic E-state index is 12.8. The van der Waals surface area contributed by atoms with Crippen LogP contribution in [0.3, 0.4) is 0 Å². The van der Waals surface area contributed by atoms with Crippen LogP contribution < -0.4 is 5.32 Å². The van der Waals surface area contributed by atoms with E-state index in [4.69, 9.17) is 5.11 Å². The molecule has 24 heavy (non-hydrogen) atoms. The molecule has 0 saturated carbocycles. The first-order chi connectivity index (χ1) is 11.2. The van der Waals surface area contributed by atoms with Crippen LogP contribution in [0.1, 0.15) is 43.5 Å². The first-order valence-electron chi connectivity index (χ1n) is 7.89. The van der Waals surface area contributed by atoms with Gasteiger partial charge in [-0.05, 0) is 44.9 Å². The lowest BCUT2D eigenvalue weighted by atomic mass is 10.1. The number of benzene rings is 1. The number of nitrogens with one attached hydrogen (secondary N) is 1. The van der Waals surface area contributed by atoms with Crippen LogP contribution in [0, 0.1) is 0 Å². The largest absolute Gasteiger partial charge is 0.480 e. The monoisotopic (exact) mass is 354 g/mol. The lowest BCUT2D eigenvalue weighted by molar-refractivity contribution is -0.138. The van der Waals surface area contributed by atoms with Crippen LogP contribution >= 0.6 is 0 Å². The summed E-state index contributed by atoms with van der Waals surface area (Å²) in [4.78, 5) is 23.0. The second-order valence-electron chi connectivity index (χ2n) is 6.02. The molecule has 2 atom stereocenters. The average molecular weight is 354 g/mol. The highest BCUT2D eigenvalue weighted by Gasteiger charge is 2.31. The lowest BCUT2D eigenvalue weighted by Gasteiger charge is -2.32. The molecular weight excluding hydrogens is 332 g/mol. The Hall–Kier alpha value is -1.93. The van der Waals surface area contributed by atoms with Crippen LogP contribution in [-0.4, -0.2) is 48.3 Å². The predicted octanol–water partition coefficient (Wildman–Crippen LogP) is 1.45. The van der Waals surface area contributed by atoms with Gasteiger partial charge in [-0.1, -0.05) is 12.5 Å². The van der Waals surface area contributed by atoms with Crippen molar-refractivity contribution in [3.63, 3.8) is 0 Å². The fraction of sp³-hybridized carbons (Fsp3) is 0.500. The van der Waals surface area contributed by atoms with Gasteiger partial charge in [0.1, 0.15) is 6.04 Å². The van der Waals surface area contributed by atoms with Gasteiger partial charge in [-0.15, -0.1) is 0 Å². The van der Waals surface area contributed by atoms with Crippen molar-refractivity contribution in [1.29, 1.82) is 0 Å². The Morgan fingerprint density at radius 3 is 2.67 bits per heavy atom. The Morgan fingerprint density at radius 1 is 1.33 bits per heavy atom. The van der Waals surface area contributed by atoms with Gasteiger partial charge < -0.3 is 10.4 Å². The minimum Gasteiger partial charge on any atom is -0.480 e. The van der Waals surface area contributed by atoms with E-state index >= 15 is 0 Å². The Morgan fingerprint density at radius 2 is 2.04 bits per heavy atom. The van der Waals surface area contributed by atoms with Crippen molar-refractivity contribution in [1.82, 2.24) is 9.62 Å². The Labute approximate surface area is 141 Å². The number of hydrogen-bond acceptors (Lipinski definition) is 4. The molecule has 132 valence electrons. The Kier molecular flexibility index (Phi) is 5.61. The van der Waals surface area contributed by atoms with Gasteiger partial charge in [-0.25, -0.2) is 8.42 Å². The van der Waals surface area contributed by atoms with E-state index in [0.29, 0.717) is 6.54 Å². The highest BCUT2D eigenvalue weighted by molar-refractivity contribution is 7.89. The van der Waals surface area contributed by atoms with Crippen molar-refractivity contribution in [3.05, 3.63) is 29.8 Å². The van der Waals surface area contributed by atoms with Crippen LogP contribution in [0.25, 0.3) is 0 Å². The molecule has 1 aromatic carbocycles. The zero-order chi connectivity index (χ0) is 17.9. The molecule has 1 heterocycles. The van der Waals surface area contributed by atoms with Crippen molar-refractivity contribution in [3.8, 4) is 0 Å². The minimum absolute atomic E-state index is 0.0480. The molecule has 1 aliphatic rings. The van der Waals surface area contributed by atoms with Crippen LogP contribution in [0.4, 0.5) is 0 Å². The molecule has 1 aromatic rings. The van der Waals surface area contributed by atoms with Crippen molar-refractivity contribution in [2.24, 2.45) is 0 Å². The number of carboxylic acids is 1. The normalized spacial score (nSPS) is 20.3. The van der Waals surface area contributed by atoms with Gasteiger partial charge in [0, 0.05) is 18.2 Å². The summed E-state index contributed by atoms with van der Waals surface area (Å²) < 4.78 is 27.1. The van der Waals surface area contributed by atoms with Gasteiger partial charge in [0.25, 0.3) is 5.91 Å². The van der Waals surface area contributed by atoms with E-state index < -0.39 is 27.9 Å².